The van der Waals surface area contributed by atoms with Gasteiger partial charge < -0.3 is 5.73 Å². The SMILES string of the molecule is Cn1[nH]c(=O)c(=O)nc1SC1CC(C(C)(C)C)CCC1N. The van der Waals surface area contributed by atoms with Crippen LogP contribution < -0.4 is 16.9 Å². The van der Waals surface area contributed by atoms with Crippen molar-refractivity contribution in [2.45, 2.75) is 56.5 Å². The molecule has 0 amide bonds. The van der Waals surface area contributed by atoms with Crippen LogP contribution in [0.15, 0.2) is 14.7 Å². The third kappa shape index (κ3) is 3.77. The molecule has 0 aliphatic heterocycles. The van der Waals surface area contributed by atoms with E-state index in [1.165, 1.54) is 16.4 Å². The van der Waals surface area contributed by atoms with E-state index in [0.717, 1.165) is 19.3 Å². The third-order valence-electron chi connectivity index (χ3n) is 4.27. The van der Waals surface area contributed by atoms with E-state index in [4.69, 9.17) is 5.73 Å². The highest BCUT2D eigenvalue weighted by Crippen LogP contribution is 2.42. The van der Waals surface area contributed by atoms with Crippen LogP contribution in [0.1, 0.15) is 40.0 Å². The molecule has 7 heteroatoms. The summed E-state index contributed by atoms with van der Waals surface area (Å²) < 4.78 is 1.50. The number of H-pyrrole nitrogens is 1. The fourth-order valence-corrected chi connectivity index (χ4v) is 4.03. The third-order valence-corrected chi connectivity index (χ3v) is 5.69. The van der Waals surface area contributed by atoms with E-state index in [-0.39, 0.29) is 16.7 Å². The van der Waals surface area contributed by atoms with Gasteiger partial charge in [-0.3, -0.25) is 19.4 Å². The van der Waals surface area contributed by atoms with E-state index in [0.29, 0.717) is 11.1 Å². The zero-order valence-corrected chi connectivity index (χ0v) is 13.9. The van der Waals surface area contributed by atoms with Crippen molar-refractivity contribution in [3.8, 4) is 0 Å². The van der Waals surface area contributed by atoms with E-state index >= 15 is 0 Å². The Bertz CT molecular complexity index is 617. The average molecular weight is 312 g/mol. The first-order valence-corrected chi connectivity index (χ1v) is 8.16. The number of hydrogen-bond acceptors (Lipinski definition) is 5. The smallest absolute Gasteiger partial charge is 0.327 e. The maximum Gasteiger partial charge on any atom is 0.339 e. The molecule has 0 aromatic carbocycles. The largest absolute Gasteiger partial charge is 0.339 e. The summed E-state index contributed by atoms with van der Waals surface area (Å²) in [4.78, 5) is 26.5. The van der Waals surface area contributed by atoms with Gasteiger partial charge in [-0.15, -0.1) is 0 Å². The molecule has 1 aliphatic rings. The zero-order chi connectivity index (χ0) is 15.8. The highest BCUT2D eigenvalue weighted by Gasteiger charge is 2.35. The van der Waals surface area contributed by atoms with Crippen LogP contribution in [-0.2, 0) is 7.05 Å². The number of hydrogen-bond donors (Lipinski definition) is 2. The zero-order valence-electron chi connectivity index (χ0n) is 13.0. The van der Waals surface area contributed by atoms with Gasteiger partial charge in [-0.25, -0.2) is 0 Å². The summed E-state index contributed by atoms with van der Waals surface area (Å²) in [6.07, 6.45) is 3.13. The number of nitrogens with zero attached hydrogens (tertiary/aromatic N) is 2. The second kappa shape index (κ2) is 5.96. The minimum atomic E-state index is -0.743. The summed E-state index contributed by atoms with van der Waals surface area (Å²) in [5.74, 6) is 0.606. The molecule has 118 valence electrons. The summed E-state index contributed by atoms with van der Waals surface area (Å²) in [6, 6.07) is 0.0948. The van der Waals surface area contributed by atoms with Crippen molar-refractivity contribution in [3.05, 3.63) is 20.7 Å². The van der Waals surface area contributed by atoms with Gasteiger partial charge in [-0.1, -0.05) is 32.5 Å². The van der Waals surface area contributed by atoms with Crippen LogP contribution >= 0.6 is 11.8 Å². The van der Waals surface area contributed by atoms with Crippen LogP contribution in [0.3, 0.4) is 0 Å². The quantitative estimate of drug-likeness (QED) is 0.798. The van der Waals surface area contributed by atoms with E-state index < -0.39 is 11.1 Å². The summed E-state index contributed by atoms with van der Waals surface area (Å²) in [7, 11) is 1.69. The van der Waals surface area contributed by atoms with E-state index in [2.05, 4.69) is 30.9 Å². The molecule has 0 spiro atoms. The van der Waals surface area contributed by atoms with Crippen LogP contribution in [-0.4, -0.2) is 26.1 Å². The normalized spacial score (nSPS) is 26.8. The molecule has 1 heterocycles. The lowest BCUT2D eigenvalue weighted by Crippen LogP contribution is -2.42. The highest BCUT2D eigenvalue weighted by molar-refractivity contribution is 7.99. The molecule has 21 heavy (non-hydrogen) atoms. The number of nitrogens with two attached hydrogens (primary N) is 1. The number of thioether (sulfide) groups is 1. The van der Waals surface area contributed by atoms with Gasteiger partial charge in [0.2, 0.25) is 0 Å². The molecule has 3 unspecified atom stereocenters. The van der Waals surface area contributed by atoms with Crippen LogP contribution in [0.4, 0.5) is 0 Å². The standard InChI is InChI=1S/C14H24N4O2S/c1-14(2,3)8-5-6-9(15)10(7-8)21-13-16-11(19)12(20)17-18(13)4/h8-10H,5-7,15H2,1-4H3,(H,17,20). The number of aryl methyl sites for hydroxylation is 1. The molecule has 1 aromatic rings. The molecule has 6 nitrogen and oxygen atoms in total. The van der Waals surface area contributed by atoms with Gasteiger partial charge in [-0.2, -0.15) is 4.98 Å². The van der Waals surface area contributed by atoms with Crippen molar-refractivity contribution >= 4 is 11.8 Å². The van der Waals surface area contributed by atoms with Crippen molar-refractivity contribution in [2.24, 2.45) is 24.1 Å². The molecular formula is C14H24N4O2S. The van der Waals surface area contributed by atoms with Gasteiger partial charge in [0.05, 0.1) is 0 Å². The fraction of sp³-hybridized carbons (Fsp3) is 0.786. The van der Waals surface area contributed by atoms with E-state index in [1.54, 1.807) is 7.05 Å². The number of aromatic amines is 1. The summed E-state index contributed by atoms with van der Waals surface area (Å²) in [5.41, 5.74) is 5.06. The van der Waals surface area contributed by atoms with Crippen LogP contribution in [0, 0.1) is 11.3 Å². The topological polar surface area (TPSA) is 93.8 Å². The number of aromatic nitrogens is 3. The van der Waals surface area contributed by atoms with E-state index in [9.17, 15) is 9.59 Å². The summed E-state index contributed by atoms with van der Waals surface area (Å²) >= 11 is 1.50. The predicted octanol–water partition coefficient (Wildman–Crippen LogP) is 1.10. The van der Waals surface area contributed by atoms with Gasteiger partial charge >= 0.3 is 11.1 Å². The first-order chi connectivity index (χ1) is 9.68. The van der Waals surface area contributed by atoms with Gasteiger partial charge in [-0.05, 0) is 30.6 Å². The number of nitrogens with one attached hydrogen (secondary N) is 1. The molecular weight excluding hydrogens is 288 g/mol. The minimum absolute atomic E-state index is 0.0948. The van der Waals surface area contributed by atoms with Gasteiger partial charge in [0, 0.05) is 18.3 Å². The molecule has 2 rings (SSSR count). The molecule has 0 saturated heterocycles. The Morgan fingerprint density at radius 3 is 2.62 bits per heavy atom. The molecule has 1 aromatic heterocycles. The Hall–Kier alpha value is -1.08. The lowest BCUT2D eigenvalue weighted by molar-refractivity contribution is 0.174. The summed E-state index contributed by atoms with van der Waals surface area (Å²) in [6.45, 7) is 6.76. The van der Waals surface area contributed by atoms with Crippen LogP contribution in [0.25, 0.3) is 0 Å². The highest BCUT2D eigenvalue weighted by atomic mass is 32.2. The Kier molecular flexibility index (Phi) is 4.63. The molecule has 3 atom stereocenters. The molecule has 3 N–H and O–H groups in total. The first-order valence-electron chi connectivity index (χ1n) is 7.28. The molecule has 1 aliphatic carbocycles. The maximum absolute atomic E-state index is 11.4. The Balaban J connectivity index is 2.19. The van der Waals surface area contributed by atoms with Gasteiger partial charge in [0.25, 0.3) is 0 Å². The number of rotatable bonds is 2. The molecule has 0 radical (unpaired) electrons. The van der Waals surface area contributed by atoms with Crippen molar-refractivity contribution < 1.29 is 0 Å². The Morgan fingerprint density at radius 2 is 2.00 bits per heavy atom. The van der Waals surface area contributed by atoms with Gasteiger partial charge in [0.1, 0.15) is 0 Å². The molecule has 0 bridgehead atoms. The molecule has 1 saturated carbocycles. The van der Waals surface area contributed by atoms with Crippen LogP contribution in [0.5, 0.6) is 0 Å². The van der Waals surface area contributed by atoms with Gasteiger partial charge in [0.15, 0.2) is 5.16 Å². The lowest BCUT2D eigenvalue weighted by atomic mass is 9.71. The van der Waals surface area contributed by atoms with E-state index in [1.807, 2.05) is 0 Å². The monoisotopic (exact) mass is 312 g/mol. The second-order valence-electron chi connectivity index (χ2n) is 6.90. The molecule has 1 fully saturated rings. The van der Waals surface area contributed by atoms with Crippen molar-refractivity contribution in [1.29, 1.82) is 0 Å². The average Bonchev–Trinajstić information content (AvgIpc) is 2.37. The van der Waals surface area contributed by atoms with Crippen molar-refractivity contribution in [2.75, 3.05) is 0 Å². The summed E-state index contributed by atoms with van der Waals surface area (Å²) in [5, 5.41) is 3.21. The van der Waals surface area contributed by atoms with Crippen LogP contribution in [0.2, 0.25) is 0 Å². The fourth-order valence-electron chi connectivity index (χ4n) is 2.78. The maximum atomic E-state index is 11.4. The van der Waals surface area contributed by atoms with Crippen molar-refractivity contribution in [1.82, 2.24) is 14.8 Å². The van der Waals surface area contributed by atoms with Crippen molar-refractivity contribution in [3.63, 3.8) is 0 Å². The first kappa shape index (κ1) is 16.3. The Labute approximate surface area is 128 Å². The predicted molar refractivity (Wildman–Crippen MR) is 84.5 cm³/mol. The lowest BCUT2D eigenvalue weighted by Gasteiger charge is -2.40. The minimum Gasteiger partial charge on any atom is -0.327 e. The second-order valence-corrected chi connectivity index (χ2v) is 8.10. The Morgan fingerprint density at radius 1 is 1.33 bits per heavy atom.